The van der Waals surface area contributed by atoms with Crippen molar-refractivity contribution < 1.29 is 0 Å². The van der Waals surface area contributed by atoms with Crippen LogP contribution in [0.15, 0.2) is 9.39 Å². The van der Waals surface area contributed by atoms with E-state index in [1.54, 1.807) is 11.9 Å². The molecule has 0 saturated carbocycles. The van der Waals surface area contributed by atoms with Gasteiger partial charge in [-0.15, -0.1) is 0 Å². The van der Waals surface area contributed by atoms with Crippen molar-refractivity contribution >= 4 is 47.0 Å². The zero-order valence-corrected chi connectivity index (χ0v) is 10.5. The normalized spacial score (nSPS) is 41.3. The lowest BCUT2D eigenvalue weighted by Crippen LogP contribution is -2.22. The molecule has 1 rings (SSSR count). The number of halogens is 1. The molecule has 0 spiro atoms. The second-order valence-electron chi connectivity index (χ2n) is 3.28. The van der Waals surface area contributed by atoms with Gasteiger partial charge >= 0.3 is 0 Å². The van der Waals surface area contributed by atoms with Crippen molar-refractivity contribution in [2.45, 2.75) is 35.5 Å². The fourth-order valence-electron chi connectivity index (χ4n) is 0.745. The number of alkyl halides is 1. The summed E-state index contributed by atoms with van der Waals surface area (Å²) >= 11 is 3.91. The Morgan fingerprint density at radius 3 is 2.67 bits per heavy atom. The molecule has 0 aliphatic carbocycles. The predicted molar refractivity (Wildman–Crippen MR) is 65.7 cm³/mol. The van der Waals surface area contributed by atoms with Crippen molar-refractivity contribution in [2.24, 2.45) is 9.39 Å². The molecule has 0 aromatic heterocycles. The molecule has 0 N–H and O–H groups in total. The maximum atomic E-state index is 4.52. The quantitative estimate of drug-likeness (QED) is 0.414. The molecule has 1 heterocycles. The van der Waals surface area contributed by atoms with Crippen LogP contribution in [0.1, 0.15) is 27.2 Å². The number of hydrogen-bond donors (Lipinski definition) is 0. The molecule has 0 amide bonds. The van der Waals surface area contributed by atoms with Crippen LogP contribution in [0.2, 0.25) is 0 Å². The van der Waals surface area contributed by atoms with E-state index in [-0.39, 0.29) is 8.29 Å². The van der Waals surface area contributed by atoms with Crippen LogP contribution in [0.25, 0.3) is 0 Å². The van der Waals surface area contributed by atoms with Gasteiger partial charge in [0.15, 0.2) is 0 Å². The van der Waals surface area contributed by atoms with Gasteiger partial charge in [0, 0.05) is 12.4 Å². The first kappa shape index (κ1) is 10.5. The summed E-state index contributed by atoms with van der Waals surface area (Å²) in [6.07, 6.45) is 4.94. The predicted octanol–water partition coefficient (Wildman–Crippen LogP) is 3.11. The lowest BCUT2D eigenvalue weighted by Gasteiger charge is -2.16. The highest BCUT2D eigenvalue weighted by Crippen LogP contribution is 2.34. The van der Waals surface area contributed by atoms with Gasteiger partial charge in [-0.1, -0.05) is 29.5 Å². The Hall–Kier alpha value is 0.420. The van der Waals surface area contributed by atoms with Gasteiger partial charge in [-0.05, 0) is 32.2 Å². The smallest absolute Gasteiger partial charge is 0.121 e. The molecule has 1 aliphatic rings. The van der Waals surface area contributed by atoms with Gasteiger partial charge in [-0.25, -0.2) is 4.40 Å². The Morgan fingerprint density at radius 2 is 2.08 bits per heavy atom. The van der Waals surface area contributed by atoms with E-state index in [1.807, 2.05) is 12.4 Å². The topological polar surface area (TPSA) is 24.7 Å². The fourth-order valence-corrected chi connectivity index (χ4v) is 1.81. The van der Waals surface area contributed by atoms with Gasteiger partial charge in [-0.3, -0.25) is 4.99 Å². The highest BCUT2D eigenvalue weighted by atomic mass is 127. The second-order valence-corrected chi connectivity index (χ2v) is 7.50. The molecular weight excluding hydrogens is 283 g/mol. The highest BCUT2D eigenvalue weighted by molar-refractivity contribution is 14.1. The average molecular weight is 296 g/mol. The summed E-state index contributed by atoms with van der Waals surface area (Å²) in [7, 11) is 0. The fraction of sp³-hybridized carbons (Fsp3) is 0.750. The third-order valence-corrected chi connectivity index (χ3v) is 3.41. The van der Waals surface area contributed by atoms with Crippen LogP contribution in [-0.2, 0) is 0 Å². The standard InChI is InChI=1S/C8H13IN2S/c1-4-7(2)5-11-12-8(3,9)6-10-7/h5-6H,4H2,1-3H3. The molecule has 0 fully saturated rings. The van der Waals surface area contributed by atoms with E-state index in [1.165, 1.54) is 0 Å². The van der Waals surface area contributed by atoms with Gasteiger partial charge in [0.05, 0.1) is 5.54 Å². The number of hydrogen-bond acceptors (Lipinski definition) is 3. The third kappa shape index (κ3) is 2.73. The van der Waals surface area contributed by atoms with Crippen molar-refractivity contribution in [3.8, 4) is 0 Å². The summed E-state index contributed by atoms with van der Waals surface area (Å²) in [4.78, 5) is 4.52. The van der Waals surface area contributed by atoms with Gasteiger partial charge in [0.1, 0.15) is 2.75 Å². The molecule has 0 bridgehead atoms. The number of aliphatic imine (C=N–C) groups is 1. The molecule has 2 atom stereocenters. The van der Waals surface area contributed by atoms with Gasteiger partial charge in [0.25, 0.3) is 0 Å². The first-order valence-corrected chi connectivity index (χ1v) is 5.81. The molecule has 0 radical (unpaired) electrons. The van der Waals surface area contributed by atoms with E-state index in [2.05, 4.69) is 52.8 Å². The lowest BCUT2D eigenvalue weighted by molar-refractivity contribution is 0.621. The molecule has 12 heavy (non-hydrogen) atoms. The summed E-state index contributed by atoms with van der Waals surface area (Å²) in [6, 6.07) is 0. The van der Waals surface area contributed by atoms with Crippen LogP contribution in [0.4, 0.5) is 0 Å². The van der Waals surface area contributed by atoms with Crippen molar-refractivity contribution in [2.75, 3.05) is 0 Å². The first-order valence-electron chi connectivity index (χ1n) is 3.95. The second kappa shape index (κ2) is 3.65. The summed E-state index contributed by atoms with van der Waals surface area (Å²) in [5, 5.41) is 0. The lowest BCUT2D eigenvalue weighted by atomic mass is 10.0. The van der Waals surface area contributed by atoms with Crippen LogP contribution in [0, 0.1) is 0 Å². The largest absolute Gasteiger partial charge is 0.283 e. The van der Waals surface area contributed by atoms with E-state index < -0.39 is 0 Å². The zero-order chi connectivity index (χ0) is 9.24. The van der Waals surface area contributed by atoms with E-state index in [9.17, 15) is 0 Å². The maximum Gasteiger partial charge on any atom is 0.121 e. The van der Waals surface area contributed by atoms with E-state index in [0.29, 0.717) is 0 Å². The van der Waals surface area contributed by atoms with Crippen molar-refractivity contribution in [1.29, 1.82) is 0 Å². The Balaban J connectivity index is 2.87. The molecule has 0 saturated heterocycles. The summed E-state index contributed by atoms with van der Waals surface area (Å²) in [6.45, 7) is 6.34. The monoisotopic (exact) mass is 296 g/mol. The molecule has 2 nitrogen and oxygen atoms in total. The first-order chi connectivity index (χ1) is 5.47. The van der Waals surface area contributed by atoms with Gasteiger partial charge in [-0.2, -0.15) is 0 Å². The summed E-state index contributed by atoms with van der Waals surface area (Å²) in [5.74, 6) is 0. The molecule has 68 valence electrons. The maximum absolute atomic E-state index is 4.52. The van der Waals surface area contributed by atoms with E-state index in [0.717, 1.165) is 6.42 Å². The number of rotatable bonds is 1. The minimum atomic E-state index is -0.0874. The molecule has 2 unspecified atom stereocenters. The van der Waals surface area contributed by atoms with E-state index in [4.69, 9.17) is 0 Å². The summed E-state index contributed by atoms with van der Waals surface area (Å²) in [5.41, 5.74) is -0.0874. The molecule has 4 heteroatoms. The molecular formula is C8H13IN2S. The molecule has 0 aromatic rings. The van der Waals surface area contributed by atoms with Crippen LogP contribution in [-0.4, -0.2) is 20.7 Å². The Kier molecular flexibility index (Phi) is 3.20. The van der Waals surface area contributed by atoms with Gasteiger partial charge < -0.3 is 0 Å². The van der Waals surface area contributed by atoms with Crippen molar-refractivity contribution in [1.82, 2.24) is 0 Å². The minimum absolute atomic E-state index is 0.0151. The Bertz CT molecular complexity index is 225. The number of nitrogens with zero attached hydrogens (tertiary/aromatic N) is 2. The average Bonchev–Trinajstić information content (AvgIpc) is 2.13. The Morgan fingerprint density at radius 1 is 1.42 bits per heavy atom. The van der Waals surface area contributed by atoms with Crippen LogP contribution >= 0.6 is 34.5 Å². The SMILES string of the molecule is CCC1(C)C=NSC(C)(I)C=N1. The molecule has 0 aromatic carbocycles. The summed E-state index contributed by atoms with van der Waals surface area (Å²) < 4.78 is 4.32. The van der Waals surface area contributed by atoms with Crippen LogP contribution in [0.5, 0.6) is 0 Å². The Labute approximate surface area is 91.6 Å². The van der Waals surface area contributed by atoms with Crippen LogP contribution < -0.4 is 0 Å². The van der Waals surface area contributed by atoms with Crippen LogP contribution in [0.3, 0.4) is 0 Å². The third-order valence-electron chi connectivity index (χ3n) is 1.87. The zero-order valence-electron chi connectivity index (χ0n) is 7.54. The van der Waals surface area contributed by atoms with Crippen molar-refractivity contribution in [3.63, 3.8) is 0 Å². The minimum Gasteiger partial charge on any atom is -0.283 e. The highest BCUT2D eigenvalue weighted by Gasteiger charge is 2.25. The van der Waals surface area contributed by atoms with Crippen molar-refractivity contribution in [3.05, 3.63) is 0 Å². The van der Waals surface area contributed by atoms with Gasteiger partial charge in [0.2, 0.25) is 0 Å². The molecule has 1 aliphatic heterocycles. The van der Waals surface area contributed by atoms with E-state index >= 15 is 0 Å².